The van der Waals surface area contributed by atoms with Crippen LogP contribution >= 0.6 is 0 Å². The van der Waals surface area contributed by atoms with Gasteiger partial charge in [0.2, 0.25) is 0 Å². The van der Waals surface area contributed by atoms with Crippen LogP contribution in [0.1, 0.15) is 47.4 Å². The Bertz CT molecular complexity index is 650. The summed E-state index contributed by atoms with van der Waals surface area (Å²) in [6.07, 6.45) is 1.57. The van der Waals surface area contributed by atoms with Crippen molar-refractivity contribution in [3.63, 3.8) is 0 Å². The molecule has 3 heteroatoms. The van der Waals surface area contributed by atoms with E-state index in [0.717, 1.165) is 23.6 Å². The average Bonchev–Trinajstić information content (AvgIpc) is 2.49. The zero-order valence-corrected chi connectivity index (χ0v) is 11.7. The molecule has 20 heavy (non-hydrogen) atoms. The molecule has 0 N–H and O–H groups in total. The maximum atomic E-state index is 12.7. The third kappa shape index (κ3) is 1.66. The molecular formula is C17H17NO2. The van der Waals surface area contributed by atoms with Gasteiger partial charge in [-0.05, 0) is 30.4 Å². The minimum Gasteiger partial charge on any atom is -0.271 e. The van der Waals surface area contributed by atoms with Crippen LogP contribution in [0.4, 0.5) is 0 Å². The predicted octanol–water partition coefficient (Wildman–Crippen LogP) is 3.62. The second kappa shape index (κ2) is 4.75. The third-order valence-electron chi connectivity index (χ3n) is 4.11. The number of rotatable bonds is 3. The number of nitrogens with zero attached hydrogens (tertiary/aromatic N) is 1. The topological polar surface area (TPSA) is 37.4 Å². The van der Waals surface area contributed by atoms with Crippen molar-refractivity contribution >= 4 is 22.6 Å². The van der Waals surface area contributed by atoms with Crippen molar-refractivity contribution in [3.8, 4) is 0 Å². The van der Waals surface area contributed by atoms with Crippen molar-refractivity contribution in [2.75, 3.05) is 0 Å². The fourth-order valence-corrected chi connectivity index (χ4v) is 3.03. The van der Waals surface area contributed by atoms with Gasteiger partial charge in [-0.3, -0.25) is 14.5 Å². The van der Waals surface area contributed by atoms with Crippen LogP contribution in [0.25, 0.3) is 10.8 Å². The molecule has 1 heterocycles. The number of carbonyl (C=O) groups is 2. The van der Waals surface area contributed by atoms with E-state index >= 15 is 0 Å². The minimum absolute atomic E-state index is 0.0291. The van der Waals surface area contributed by atoms with E-state index in [0.29, 0.717) is 11.1 Å². The zero-order valence-electron chi connectivity index (χ0n) is 11.7. The van der Waals surface area contributed by atoms with Crippen molar-refractivity contribution in [3.05, 3.63) is 47.5 Å². The van der Waals surface area contributed by atoms with Gasteiger partial charge in [0.15, 0.2) is 0 Å². The molecule has 1 aliphatic heterocycles. The first-order chi connectivity index (χ1) is 9.69. The van der Waals surface area contributed by atoms with Crippen LogP contribution < -0.4 is 0 Å². The SMILES string of the molecule is CCC(CC)N1C(=O)c2cccc3cccc(c23)C1=O. The lowest BCUT2D eigenvalue weighted by Crippen LogP contribution is -2.46. The molecule has 0 bridgehead atoms. The first-order valence-corrected chi connectivity index (χ1v) is 7.08. The molecule has 0 saturated heterocycles. The van der Waals surface area contributed by atoms with E-state index in [1.165, 1.54) is 4.90 Å². The summed E-state index contributed by atoms with van der Waals surface area (Å²) < 4.78 is 0. The number of imide groups is 1. The lowest BCUT2D eigenvalue weighted by Gasteiger charge is -2.32. The van der Waals surface area contributed by atoms with Gasteiger partial charge >= 0.3 is 0 Å². The lowest BCUT2D eigenvalue weighted by atomic mass is 9.92. The Hall–Kier alpha value is -2.16. The molecule has 0 aromatic heterocycles. The maximum Gasteiger partial charge on any atom is 0.261 e. The number of benzene rings is 2. The second-order valence-electron chi connectivity index (χ2n) is 5.16. The first kappa shape index (κ1) is 12.9. The summed E-state index contributed by atoms with van der Waals surface area (Å²) in [6.45, 7) is 4.02. The molecule has 0 fully saturated rings. The summed E-state index contributed by atoms with van der Waals surface area (Å²) in [5, 5.41) is 1.75. The Morgan fingerprint density at radius 2 is 1.40 bits per heavy atom. The fourth-order valence-electron chi connectivity index (χ4n) is 3.03. The summed E-state index contributed by atoms with van der Waals surface area (Å²) >= 11 is 0. The molecule has 2 aromatic carbocycles. The lowest BCUT2D eigenvalue weighted by molar-refractivity contribution is 0.0530. The Morgan fingerprint density at radius 3 is 1.85 bits per heavy atom. The molecule has 0 spiro atoms. The number of carbonyl (C=O) groups excluding carboxylic acids is 2. The van der Waals surface area contributed by atoms with Crippen molar-refractivity contribution < 1.29 is 9.59 Å². The van der Waals surface area contributed by atoms with Crippen LogP contribution in [-0.2, 0) is 0 Å². The van der Waals surface area contributed by atoms with Crippen molar-refractivity contribution in [2.24, 2.45) is 0 Å². The van der Waals surface area contributed by atoms with Gasteiger partial charge in [0, 0.05) is 22.6 Å². The molecule has 0 atom stereocenters. The summed E-state index contributed by atoms with van der Waals surface area (Å²) in [5.74, 6) is -0.319. The minimum atomic E-state index is -0.159. The van der Waals surface area contributed by atoms with Crippen LogP contribution in [-0.4, -0.2) is 22.8 Å². The summed E-state index contributed by atoms with van der Waals surface area (Å²) in [5.41, 5.74) is 1.29. The molecule has 3 rings (SSSR count). The molecule has 0 radical (unpaired) electrons. The summed E-state index contributed by atoms with van der Waals surface area (Å²) in [7, 11) is 0. The Labute approximate surface area is 118 Å². The predicted molar refractivity (Wildman–Crippen MR) is 78.8 cm³/mol. The highest BCUT2D eigenvalue weighted by Crippen LogP contribution is 2.31. The van der Waals surface area contributed by atoms with Gasteiger partial charge in [0.25, 0.3) is 11.8 Å². The van der Waals surface area contributed by atoms with E-state index in [1.54, 1.807) is 0 Å². The molecule has 2 amide bonds. The van der Waals surface area contributed by atoms with Gasteiger partial charge in [-0.2, -0.15) is 0 Å². The molecule has 2 aromatic rings. The van der Waals surface area contributed by atoms with E-state index in [1.807, 2.05) is 50.2 Å². The van der Waals surface area contributed by atoms with Gasteiger partial charge in [0.05, 0.1) is 0 Å². The van der Waals surface area contributed by atoms with E-state index in [4.69, 9.17) is 0 Å². The quantitative estimate of drug-likeness (QED) is 0.796. The fraction of sp³-hybridized carbons (Fsp3) is 0.294. The van der Waals surface area contributed by atoms with Crippen molar-refractivity contribution in [1.29, 1.82) is 0 Å². The average molecular weight is 267 g/mol. The van der Waals surface area contributed by atoms with Gasteiger partial charge in [0.1, 0.15) is 0 Å². The van der Waals surface area contributed by atoms with Crippen LogP contribution in [0.15, 0.2) is 36.4 Å². The molecule has 0 aliphatic carbocycles. The maximum absolute atomic E-state index is 12.7. The highest BCUT2D eigenvalue weighted by atomic mass is 16.2. The van der Waals surface area contributed by atoms with Crippen LogP contribution in [0.2, 0.25) is 0 Å². The van der Waals surface area contributed by atoms with E-state index in [2.05, 4.69) is 0 Å². The van der Waals surface area contributed by atoms with E-state index in [9.17, 15) is 9.59 Å². The standard InChI is InChI=1S/C17H17NO2/c1-3-12(4-2)18-16(19)13-9-5-7-11-8-6-10-14(15(11)13)17(18)20/h5-10,12H,3-4H2,1-2H3. The Balaban J connectivity index is 2.26. The Morgan fingerprint density at radius 1 is 0.900 bits per heavy atom. The Kier molecular flexibility index (Phi) is 3.05. The van der Waals surface area contributed by atoms with Crippen molar-refractivity contribution in [1.82, 2.24) is 4.90 Å². The molecule has 3 nitrogen and oxygen atoms in total. The highest BCUT2D eigenvalue weighted by molar-refractivity contribution is 6.25. The zero-order chi connectivity index (χ0) is 14.3. The van der Waals surface area contributed by atoms with Crippen LogP contribution in [0.5, 0.6) is 0 Å². The molecule has 0 saturated carbocycles. The molecule has 102 valence electrons. The molecular weight excluding hydrogens is 250 g/mol. The van der Waals surface area contributed by atoms with E-state index < -0.39 is 0 Å². The number of amides is 2. The van der Waals surface area contributed by atoms with Gasteiger partial charge in [-0.1, -0.05) is 38.1 Å². The largest absolute Gasteiger partial charge is 0.271 e. The number of hydrogen-bond acceptors (Lipinski definition) is 2. The smallest absolute Gasteiger partial charge is 0.261 e. The van der Waals surface area contributed by atoms with Gasteiger partial charge < -0.3 is 0 Å². The monoisotopic (exact) mass is 267 g/mol. The summed E-state index contributed by atoms with van der Waals surface area (Å²) in [6, 6.07) is 11.2. The van der Waals surface area contributed by atoms with Gasteiger partial charge in [-0.25, -0.2) is 0 Å². The van der Waals surface area contributed by atoms with Crippen LogP contribution in [0, 0.1) is 0 Å². The summed E-state index contributed by atoms with van der Waals surface area (Å²) in [4.78, 5) is 26.8. The highest BCUT2D eigenvalue weighted by Gasteiger charge is 2.35. The van der Waals surface area contributed by atoms with Crippen molar-refractivity contribution in [2.45, 2.75) is 32.7 Å². The molecule has 0 unspecified atom stereocenters. The second-order valence-corrected chi connectivity index (χ2v) is 5.16. The number of hydrogen-bond donors (Lipinski definition) is 0. The van der Waals surface area contributed by atoms with Crippen LogP contribution in [0.3, 0.4) is 0 Å². The van der Waals surface area contributed by atoms with Gasteiger partial charge in [-0.15, -0.1) is 0 Å². The normalized spacial score (nSPS) is 14.4. The third-order valence-corrected chi connectivity index (χ3v) is 4.11. The van der Waals surface area contributed by atoms with E-state index in [-0.39, 0.29) is 17.9 Å². The molecule has 1 aliphatic rings. The first-order valence-electron chi connectivity index (χ1n) is 7.08.